The number of likely N-dealkylation sites (N-methyl/N-ethyl adjacent to an activating group) is 1. The van der Waals surface area contributed by atoms with Gasteiger partial charge in [-0.3, -0.25) is 9.59 Å². The highest BCUT2D eigenvalue weighted by Gasteiger charge is 2.37. The summed E-state index contributed by atoms with van der Waals surface area (Å²) in [5, 5.41) is 9.80. The van der Waals surface area contributed by atoms with Gasteiger partial charge < -0.3 is 19.6 Å². The SMILES string of the molecule is C[C@@H]1CN([C@H](C)CO)C(=O)c2cc(C#Cc3ccccc3)cnc2O[C@H]1CN(C)C(=O)C1CC1. The Bertz CT molecular complexity index is 1100. The number of fused-ring (bicyclic) bond motifs is 1. The van der Waals surface area contributed by atoms with Crippen molar-refractivity contribution in [2.75, 3.05) is 26.7 Å². The number of benzene rings is 1. The summed E-state index contributed by atoms with van der Waals surface area (Å²) >= 11 is 0. The van der Waals surface area contributed by atoms with Crippen molar-refractivity contribution in [3.8, 4) is 17.7 Å². The van der Waals surface area contributed by atoms with Gasteiger partial charge >= 0.3 is 0 Å². The summed E-state index contributed by atoms with van der Waals surface area (Å²) in [6.45, 7) is 4.46. The first-order chi connectivity index (χ1) is 16.4. The van der Waals surface area contributed by atoms with E-state index in [0.29, 0.717) is 24.2 Å². The van der Waals surface area contributed by atoms with Gasteiger partial charge in [0.25, 0.3) is 5.91 Å². The maximum atomic E-state index is 13.5. The monoisotopic (exact) mass is 461 g/mol. The van der Waals surface area contributed by atoms with Crippen LogP contribution in [0.3, 0.4) is 0 Å². The minimum Gasteiger partial charge on any atom is -0.472 e. The van der Waals surface area contributed by atoms with E-state index in [2.05, 4.69) is 16.8 Å². The van der Waals surface area contributed by atoms with Crippen LogP contribution in [0, 0.1) is 23.7 Å². The van der Waals surface area contributed by atoms with Gasteiger partial charge in [-0.1, -0.05) is 37.0 Å². The smallest absolute Gasteiger partial charge is 0.259 e. The number of hydrogen-bond donors (Lipinski definition) is 1. The molecule has 1 aromatic carbocycles. The largest absolute Gasteiger partial charge is 0.472 e. The van der Waals surface area contributed by atoms with E-state index in [-0.39, 0.29) is 48.3 Å². The predicted octanol–water partition coefficient (Wildman–Crippen LogP) is 2.57. The molecule has 4 rings (SSSR count). The van der Waals surface area contributed by atoms with Crippen molar-refractivity contribution in [2.24, 2.45) is 11.8 Å². The van der Waals surface area contributed by atoms with Gasteiger partial charge in [-0.15, -0.1) is 0 Å². The molecule has 1 saturated carbocycles. The zero-order valence-corrected chi connectivity index (χ0v) is 19.9. The molecule has 2 amide bonds. The predicted molar refractivity (Wildman–Crippen MR) is 128 cm³/mol. The van der Waals surface area contributed by atoms with Crippen LogP contribution in [0.1, 0.15) is 48.2 Å². The summed E-state index contributed by atoms with van der Waals surface area (Å²) in [6.07, 6.45) is 3.14. The van der Waals surface area contributed by atoms with Crippen molar-refractivity contribution >= 4 is 11.8 Å². The molecule has 1 aliphatic carbocycles. The third kappa shape index (κ3) is 5.40. The number of ether oxygens (including phenoxy) is 1. The fourth-order valence-corrected chi connectivity index (χ4v) is 4.06. The Hall–Kier alpha value is -3.37. The number of aliphatic hydroxyl groups is 1. The Balaban J connectivity index is 1.66. The molecular formula is C27H31N3O4. The Labute approximate surface area is 200 Å². The Kier molecular flexibility index (Phi) is 7.18. The van der Waals surface area contributed by atoms with Gasteiger partial charge in [0.1, 0.15) is 11.7 Å². The lowest BCUT2D eigenvalue weighted by molar-refractivity contribution is -0.132. The number of rotatable bonds is 5. The van der Waals surface area contributed by atoms with E-state index in [4.69, 9.17) is 4.74 Å². The zero-order valence-electron chi connectivity index (χ0n) is 19.9. The van der Waals surface area contributed by atoms with Gasteiger partial charge in [0, 0.05) is 42.8 Å². The first-order valence-electron chi connectivity index (χ1n) is 11.8. The van der Waals surface area contributed by atoms with Crippen molar-refractivity contribution in [3.63, 3.8) is 0 Å². The molecule has 0 saturated heterocycles. The Morgan fingerprint density at radius 3 is 2.65 bits per heavy atom. The van der Waals surface area contributed by atoms with Crippen molar-refractivity contribution in [1.29, 1.82) is 0 Å². The molecule has 34 heavy (non-hydrogen) atoms. The van der Waals surface area contributed by atoms with E-state index in [1.54, 1.807) is 29.1 Å². The van der Waals surface area contributed by atoms with E-state index in [0.717, 1.165) is 18.4 Å². The van der Waals surface area contributed by atoms with E-state index >= 15 is 0 Å². The molecule has 0 radical (unpaired) electrons. The van der Waals surface area contributed by atoms with Crippen molar-refractivity contribution in [3.05, 3.63) is 59.3 Å². The number of aromatic nitrogens is 1. The Morgan fingerprint density at radius 2 is 1.97 bits per heavy atom. The van der Waals surface area contributed by atoms with Gasteiger partial charge in [0.2, 0.25) is 11.8 Å². The molecule has 2 aliphatic rings. The lowest BCUT2D eigenvalue weighted by Gasteiger charge is -2.37. The number of aliphatic hydroxyl groups excluding tert-OH is 1. The van der Waals surface area contributed by atoms with Gasteiger partial charge in [0.15, 0.2) is 0 Å². The van der Waals surface area contributed by atoms with Crippen LogP contribution < -0.4 is 4.74 Å². The summed E-state index contributed by atoms with van der Waals surface area (Å²) in [4.78, 5) is 33.8. The average molecular weight is 462 g/mol. The molecule has 0 spiro atoms. The van der Waals surface area contributed by atoms with E-state index in [1.165, 1.54) is 0 Å². The normalized spacial score (nSPS) is 20.7. The average Bonchev–Trinajstić information content (AvgIpc) is 3.70. The molecule has 0 unspecified atom stereocenters. The van der Waals surface area contributed by atoms with Crippen molar-refractivity contribution in [2.45, 2.75) is 38.8 Å². The Morgan fingerprint density at radius 1 is 1.26 bits per heavy atom. The molecule has 1 N–H and O–H groups in total. The second-order valence-corrected chi connectivity index (χ2v) is 9.31. The molecule has 0 bridgehead atoms. The van der Waals surface area contributed by atoms with Crippen molar-refractivity contribution in [1.82, 2.24) is 14.8 Å². The first-order valence-corrected chi connectivity index (χ1v) is 11.8. The lowest BCUT2D eigenvalue weighted by Crippen LogP contribution is -2.50. The highest BCUT2D eigenvalue weighted by molar-refractivity contribution is 5.97. The number of carbonyl (C=O) groups is 2. The highest BCUT2D eigenvalue weighted by Crippen LogP contribution is 2.32. The molecule has 3 atom stereocenters. The highest BCUT2D eigenvalue weighted by atomic mass is 16.5. The standard InChI is InChI=1S/C27H31N3O4/c1-18-15-30(19(2)17-31)27(33)23-13-21(10-9-20-7-5-4-6-8-20)14-28-25(23)34-24(18)16-29(3)26(32)22-11-12-22/h4-8,13-14,18-19,22,24,31H,11-12,15-17H2,1-3H3/t18-,19-,24+/m1/s1. The molecule has 2 aromatic rings. The van der Waals surface area contributed by atoms with E-state index in [9.17, 15) is 14.7 Å². The van der Waals surface area contributed by atoms with Crippen LogP contribution in [0.5, 0.6) is 5.88 Å². The fraction of sp³-hybridized carbons (Fsp3) is 0.444. The van der Waals surface area contributed by atoms with Crippen LogP contribution >= 0.6 is 0 Å². The molecule has 7 heteroatoms. The second-order valence-electron chi connectivity index (χ2n) is 9.31. The van der Waals surface area contributed by atoms with E-state index in [1.807, 2.05) is 44.2 Å². The number of nitrogens with zero attached hydrogens (tertiary/aromatic N) is 3. The fourth-order valence-electron chi connectivity index (χ4n) is 4.06. The summed E-state index contributed by atoms with van der Waals surface area (Å²) in [7, 11) is 1.80. The van der Waals surface area contributed by atoms with E-state index < -0.39 is 0 Å². The third-order valence-corrected chi connectivity index (χ3v) is 6.40. The van der Waals surface area contributed by atoms with Gasteiger partial charge in [-0.25, -0.2) is 4.98 Å². The van der Waals surface area contributed by atoms with Gasteiger partial charge in [-0.2, -0.15) is 0 Å². The van der Waals surface area contributed by atoms with Crippen LogP contribution in [0.15, 0.2) is 42.6 Å². The van der Waals surface area contributed by atoms with Gasteiger partial charge in [-0.05, 0) is 38.0 Å². The summed E-state index contributed by atoms with van der Waals surface area (Å²) < 4.78 is 6.26. The second kappa shape index (κ2) is 10.3. The van der Waals surface area contributed by atoms with Crippen LogP contribution in [-0.2, 0) is 4.79 Å². The number of carbonyl (C=O) groups excluding carboxylic acids is 2. The summed E-state index contributed by atoms with van der Waals surface area (Å²) in [5.74, 6) is 6.33. The molecule has 178 valence electrons. The zero-order chi connectivity index (χ0) is 24.2. The molecule has 7 nitrogen and oxygen atoms in total. The lowest BCUT2D eigenvalue weighted by atomic mass is 9.99. The van der Waals surface area contributed by atoms with Crippen LogP contribution in [0.4, 0.5) is 0 Å². The first kappa shape index (κ1) is 23.8. The number of amides is 2. The van der Waals surface area contributed by atoms with Gasteiger partial charge in [0.05, 0.1) is 19.2 Å². The summed E-state index contributed by atoms with van der Waals surface area (Å²) in [5.41, 5.74) is 1.78. The molecule has 1 aromatic heterocycles. The minimum atomic E-state index is -0.369. The van der Waals surface area contributed by atoms with Crippen molar-refractivity contribution < 1.29 is 19.4 Å². The number of hydrogen-bond acceptors (Lipinski definition) is 5. The quantitative estimate of drug-likeness (QED) is 0.692. The maximum absolute atomic E-state index is 13.5. The summed E-state index contributed by atoms with van der Waals surface area (Å²) in [6, 6.07) is 10.9. The molecule has 1 aliphatic heterocycles. The maximum Gasteiger partial charge on any atom is 0.259 e. The molecule has 2 heterocycles. The van der Waals surface area contributed by atoms with Crippen LogP contribution in [-0.4, -0.2) is 70.6 Å². The minimum absolute atomic E-state index is 0.0695. The van der Waals surface area contributed by atoms with Crippen LogP contribution in [0.25, 0.3) is 0 Å². The topological polar surface area (TPSA) is 83.0 Å². The number of pyridine rings is 1. The third-order valence-electron chi connectivity index (χ3n) is 6.40. The molecular weight excluding hydrogens is 430 g/mol. The van der Waals surface area contributed by atoms with Crippen LogP contribution in [0.2, 0.25) is 0 Å². The molecule has 1 fully saturated rings.